The third kappa shape index (κ3) is 6.25. The van der Waals surface area contributed by atoms with Gasteiger partial charge in [0.2, 0.25) is 0 Å². The normalized spacial score (nSPS) is 13.5. The van der Waals surface area contributed by atoms with Gasteiger partial charge in [0.15, 0.2) is 6.10 Å². The van der Waals surface area contributed by atoms with E-state index in [-0.39, 0.29) is 16.8 Å². The summed E-state index contributed by atoms with van der Waals surface area (Å²) < 4.78 is 10.8. The Kier molecular flexibility index (Phi) is 6.67. The van der Waals surface area contributed by atoms with E-state index in [1.165, 1.54) is 5.56 Å². The zero-order valence-corrected chi connectivity index (χ0v) is 15.7. The monoisotopic (exact) mass is 320 g/mol. The molecule has 1 rings (SSSR count). The molecule has 23 heavy (non-hydrogen) atoms. The average Bonchev–Trinajstić information content (AvgIpc) is 2.43. The van der Waals surface area contributed by atoms with Crippen LogP contribution >= 0.6 is 0 Å². The van der Waals surface area contributed by atoms with Crippen molar-refractivity contribution < 1.29 is 14.3 Å². The van der Waals surface area contributed by atoms with E-state index in [2.05, 4.69) is 46.8 Å². The van der Waals surface area contributed by atoms with Crippen molar-refractivity contribution in [3.63, 3.8) is 0 Å². The van der Waals surface area contributed by atoms with Crippen LogP contribution in [0, 0.1) is 5.41 Å². The van der Waals surface area contributed by atoms with Gasteiger partial charge in [-0.25, -0.2) is 4.79 Å². The molecule has 0 radical (unpaired) electrons. The zero-order valence-electron chi connectivity index (χ0n) is 15.7. The number of rotatable bonds is 7. The molecule has 0 aliphatic carbocycles. The van der Waals surface area contributed by atoms with Crippen molar-refractivity contribution >= 4 is 5.97 Å². The van der Waals surface area contributed by atoms with Crippen LogP contribution in [0.25, 0.3) is 0 Å². The van der Waals surface area contributed by atoms with Gasteiger partial charge in [-0.1, -0.05) is 53.7 Å². The molecule has 1 atom stereocenters. The lowest BCUT2D eigenvalue weighted by atomic mass is 9.72. The van der Waals surface area contributed by atoms with Crippen molar-refractivity contribution in [3.05, 3.63) is 29.8 Å². The minimum absolute atomic E-state index is 0.0993. The van der Waals surface area contributed by atoms with Gasteiger partial charge in [-0.3, -0.25) is 0 Å². The lowest BCUT2D eigenvalue weighted by Crippen LogP contribution is -2.28. The molecule has 0 aromatic heterocycles. The second kappa shape index (κ2) is 7.85. The topological polar surface area (TPSA) is 35.5 Å². The molecule has 1 unspecified atom stereocenters. The molecule has 0 aliphatic rings. The smallest absolute Gasteiger partial charge is 0.347 e. The van der Waals surface area contributed by atoms with Gasteiger partial charge in [0.1, 0.15) is 5.75 Å². The summed E-state index contributed by atoms with van der Waals surface area (Å²) in [6.45, 7) is 15.4. The van der Waals surface area contributed by atoms with Crippen LogP contribution in [0.1, 0.15) is 66.9 Å². The second-order valence-electron chi connectivity index (χ2n) is 7.91. The standard InChI is InChI=1S/C20H32O3/c1-8-17(18(21)22-9-2)23-16-12-10-15(11-13-16)20(6,7)14-19(3,4)5/h10-13,17H,8-9,14H2,1-7H3. The third-order valence-electron chi connectivity index (χ3n) is 3.81. The minimum atomic E-state index is -0.539. The van der Waals surface area contributed by atoms with Crippen molar-refractivity contribution in [1.29, 1.82) is 0 Å². The molecule has 1 aromatic carbocycles. The van der Waals surface area contributed by atoms with Crippen LogP contribution in [-0.4, -0.2) is 18.7 Å². The van der Waals surface area contributed by atoms with Crippen LogP contribution < -0.4 is 4.74 Å². The van der Waals surface area contributed by atoms with Crippen LogP contribution in [-0.2, 0) is 14.9 Å². The highest BCUT2D eigenvalue weighted by Crippen LogP contribution is 2.36. The second-order valence-corrected chi connectivity index (χ2v) is 7.91. The third-order valence-corrected chi connectivity index (χ3v) is 3.81. The molecule has 130 valence electrons. The molecule has 1 aromatic rings. The molecule has 0 saturated heterocycles. The van der Waals surface area contributed by atoms with Crippen molar-refractivity contribution in [2.75, 3.05) is 6.61 Å². The maximum Gasteiger partial charge on any atom is 0.347 e. The fourth-order valence-electron chi connectivity index (χ4n) is 3.11. The molecule has 3 heteroatoms. The lowest BCUT2D eigenvalue weighted by Gasteiger charge is -2.33. The highest BCUT2D eigenvalue weighted by molar-refractivity contribution is 5.75. The highest BCUT2D eigenvalue weighted by atomic mass is 16.6. The summed E-state index contributed by atoms with van der Waals surface area (Å²) in [6.07, 6.45) is 1.15. The van der Waals surface area contributed by atoms with Gasteiger partial charge in [-0.05, 0) is 48.3 Å². The van der Waals surface area contributed by atoms with Gasteiger partial charge in [0, 0.05) is 0 Å². The molecule has 3 nitrogen and oxygen atoms in total. The Morgan fingerprint density at radius 3 is 2.04 bits per heavy atom. The fourth-order valence-corrected chi connectivity index (χ4v) is 3.11. The SMILES string of the molecule is CCOC(=O)C(CC)Oc1ccc(C(C)(C)CC(C)(C)C)cc1. The number of benzene rings is 1. The van der Waals surface area contributed by atoms with Crippen molar-refractivity contribution in [1.82, 2.24) is 0 Å². The largest absolute Gasteiger partial charge is 0.479 e. The minimum Gasteiger partial charge on any atom is -0.479 e. The van der Waals surface area contributed by atoms with E-state index in [9.17, 15) is 4.79 Å². The van der Waals surface area contributed by atoms with Gasteiger partial charge in [0.25, 0.3) is 0 Å². The van der Waals surface area contributed by atoms with Crippen LogP contribution in [0.15, 0.2) is 24.3 Å². The van der Waals surface area contributed by atoms with Crippen LogP contribution in [0.5, 0.6) is 5.75 Å². The Bertz CT molecular complexity index is 495. The number of ether oxygens (including phenoxy) is 2. The Hall–Kier alpha value is -1.51. The maximum absolute atomic E-state index is 11.8. The van der Waals surface area contributed by atoms with Crippen molar-refractivity contribution in [2.24, 2.45) is 5.41 Å². The highest BCUT2D eigenvalue weighted by Gasteiger charge is 2.27. The number of carbonyl (C=O) groups excluding carboxylic acids is 1. The van der Waals surface area contributed by atoms with E-state index in [0.717, 1.165) is 6.42 Å². The van der Waals surface area contributed by atoms with E-state index in [0.29, 0.717) is 18.8 Å². The molecule has 0 N–H and O–H groups in total. The first-order chi connectivity index (χ1) is 10.6. The molecule has 0 heterocycles. The van der Waals surface area contributed by atoms with Crippen molar-refractivity contribution in [2.45, 2.75) is 72.8 Å². The molecule has 0 aliphatic heterocycles. The summed E-state index contributed by atoms with van der Waals surface area (Å²) >= 11 is 0. The van der Waals surface area contributed by atoms with E-state index >= 15 is 0 Å². The number of esters is 1. The molecule has 0 bridgehead atoms. The fraction of sp³-hybridized carbons (Fsp3) is 0.650. The first-order valence-electron chi connectivity index (χ1n) is 8.53. The summed E-state index contributed by atoms with van der Waals surface area (Å²) in [7, 11) is 0. The van der Waals surface area contributed by atoms with Crippen molar-refractivity contribution in [3.8, 4) is 5.75 Å². The van der Waals surface area contributed by atoms with E-state index in [1.807, 2.05) is 19.1 Å². The van der Waals surface area contributed by atoms with E-state index in [4.69, 9.17) is 9.47 Å². The molecule has 0 spiro atoms. The van der Waals surface area contributed by atoms with E-state index < -0.39 is 6.10 Å². The Morgan fingerprint density at radius 2 is 1.61 bits per heavy atom. The summed E-state index contributed by atoms with van der Waals surface area (Å²) in [5.74, 6) is 0.410. The molecular weight excluding hydrogens is 288 g/mol. The average molecular weight is 320 g/mol. The maximum atomic E-state index is 11.8. The first-order valence-corrected chi connectivity index (χ1v) is 8.53. The quantitative estimate of drug-likeness (QED) is 0.654. The Balaban J connectivity index is 2.81. The van der Waals surface area contributed by atoms with Gasteiger partial charge in [0.05, 0.1) is 6.61 Å². The Morgan fingerprint density at radius 1 is 1.04 bits per heavy atom. The molecule has 0 fully saturated rings. The number of hydrogen-bond donors (Lipinski definition) is 0. The molecule has 0 amide bonds. The lowest BCUT2D eigenvalue weighted by molar-refractivity contribution is -0.151. The van der Waals surface area contributed by atoms with Gasteiger partial charge in [-0.2, -0.15) is 0 Å². The van der Waals surface area contributed by atoms with Gasteiger partial charge >= 0.3 is 5.97 Å². The number of hydrogen-bond acceptors (Lipinski definition) is 3. The summed E-state index contributed by atoms with van der Waals surface area (Å²) in [5.41, 5.74) is 1.65. The summed E-state index contributed by atoms with van der Waals surface area (Å²) in [4.78, 5) is 11.8. The van der Waals surface area contributed by atoms with E-state index in [1.54, 1.807) is 6.92 Å². The predicted molar refractivity (Wildman–Crippen MR) is 94.9 cm³/mol. The van der Waals surface area contributed by atoms with Gasteiger partial charge < -0.3 is 9.47 Å². The van der Waals surface area contributed by atoms with Crippen LogP contribution in [0.4, 0.5) is 0 Å². The molecule has 0 saturated carbocycles. The first kappa shape index (κ1) is 19.5. The van der Waals surface area contributed by atoms with Crippen LogP contribution in [0.3, 0.4) is 0 Å². The number of carbonyl (C=O) groups is 1. The van der Waals surface area contributed by atoms with Crippen LogP contribution in [0.2, 0.25) is 0 Å². The zero-order chi connectivity index (χ0) is 17.7. The van der Waals surface area contributed by atoms with Gasteiger partial charge in [-0.15, -0.1) is 0 Å². The summed E-state index contributed by atoms with van der Waals surface area (Å²) in [6, 6.07) is 8.08. The Labute approximate surface area is 141 Å². The predicted octanol–water partition coefficient (Wildman–Crippen LogP) is 5.12. The summed E-state index contributed by atoms with van der Waals surface area (Å²) in [5, 5.41) is 0. The molecular formula is C20H32O3.